The number of fused-ring (bicyclic) bond motifs is 3. The van der Waals surface area contributed by atoms with E-state index in [1.165, 1.54) is 16.9 Å². The molecule has 0 amide bonds. The Morgan fingerprint density at radius 2 is 1.48 bits per heavy atom. The standard InChI is InChI=1S/C34H30N2O3S/c1-39-27-15-12-24(13-16-27)18-19-36-30(17-14-23-8-4-2-5-9-23)35-33-31(34(36)38)28-21-26(22-29(37)32(28)40-33)20-25-10-6-3-7-11-25/h2-13,15-16,21-22,37H,14,17-20H2,1H3. The number of aryl methyl sites for hydroxylation is 3. The first kappa shape index (κ1) is 25.8. The Labute approximate surface area is 237 Å². The third-order valence-electron chi connectivity index (χ3n) is 7.33. The first-order valence-corrected chi connectivity index (χ1v) is 14.3. The van der Waals surface area contributed by atoms with Crippen molar-refractivity contribution < 1.29 is 9.84 Å². The van der Waals surface area contributed by atoms with Crippen molar-refractivity contribution in [2.75, 3.05) is 7.11 Å². The van der Waals surface area contributed by atoms with Crippen LogP contribution in [0, 0.1) is 0 Å². The van der Waals surface area contributed by atoms with Crippen LogP contribution in [0.15, 0.2) is 102 Å². The number of nitrogens with zero attached hydrogens (tertiary/aromatic N) is 2. The fourth-order valence-corrected chi connectivity index (χ4v) is 6.31. The summed E-state index contributed by atoms with van der Waals surface area (Å²) in [6.45, 7) is 0.519. The number of ether oxygens (including phenoxy) is 1. The van der Waals surface area contributed by atoms with Gasteiger partial charge >= 0.3 is 0 Å². The molecule has 2 heterocycles. The van der Waals surface area contributed by atoms with E-state index in [2.05, 4.69) is 24.3 Å². The average molecular weight is 547 g/mol. The van der Waals surface area contributed by atoms with Gasteiger partial charge in [-0.3, -0.25) is 9.36 Å². The van der Waals surface area contributed by atoms with Crippen molar-refractivity contribution in [1.29, 1.82) is 0 Å². The Morgan fingerprint density at radius 1 is 0.800 bits per heavy atom. The third-order valence-corrected chi connectivity index (χ3v) is 8.45. The lowest BCUT2D eigenvalue weighted by atomic mass is 10.0. The maximum absolute atomic E-state index is 14.2. The van der Waals surface area contributed by atoms with Crippen molar-refractivity contribution >= 4 is 31.6 Å². The van der Waals surface area contributed by atoms with Crippen LogP contribution >= 0.6 is 11.3 Å². The first-order valence-electron chi connectivity index (χ1n) is 13.5. The highest BCUT2D eigenvalue weighted by Gasteiger charge is 2.19. The van der Waals surface area contributed by atoms with Gasteiger partial charge in [0.25, 0.3) is 5.56 Å². The van der Waals surface area contributed by atoms with Gasteiger partial charge in [0.2, 0.25) is 0 Å². The summed E-state index contributed by atoms with van der Waals surface area (Å²) >= 11 is 1.39. The van der Waals surface area contributed by atoms with Crippen molar-refractivity contribution in [2.45, 2.75) is 32.2 Å². The molecule has 2 aromatic heterocycles. The molecule has 0 fully saturated rings. The maximum atomic E-state index is 14.2. The van der Waals surface area contributed by atoms with E-state index < -0.39 is 0 Å². The lowest BCUT2D eigenvalue weighted by Gasteiger charge is -2.13. The summed E-state index contributed by atoms with van der Waals surface area (Å²) < 4.78 is 7.84. The van der Waals surface area contributed by atoms with Gasteiger partial charge in [0, 0.05) is 18.4 Å². The number of benzene rings is 4. The zero-order valence-electron chi connectivity index (χ0n) is 22.3. The molecule has 0 unspecified atom stereocenters. The zero-order valence-corrected chi connectivity index (χ0v) is 23.2. The Balaban J connectivity index is 1.42. The van der Waals surface area contributed by atoms with E-state index in [1.54, 1.807) is 7.11 Å². The van der Waals surface area contributed by atoms with Crippen LogP contribution < -0.4 is 10.3 Å². The Hall–Kier alpha value is -4.42. The number of aromatic nitrogens is 2. The minimum Gasteiger partial charge on any atom is -0.506 e. The SMILES string of the molecule is COc1ccc(CCn2c(CCc3ccccc3)nc3sc4c(O)cc(Cc5ccccc5)cc4c3c2=O)cc1. The average Bonchev–Trinajstić information content (AvgIpc) is 3.36. The van der Waals surface area contributed by atoms with Gasteiger partial charge in [0.15, 0.2) is 0 Å². The lowest BCUT2D eigenvalue weighted by Crippen LogP contribution is -2.26. The highest BCUT2D eigenvalue weighted by molar-refractivity contribution is 7.25. The molecule has 0 atom stereocenters. The molecule has 200 valence electrons. The number of phenolic OH excluding ortho intramolecular Hbond substituents is 1. The highest BCUT2D eigenvalue weighted by atomic mass is 32.1. The molecule has 0 aliphatic heterocycles. The normalized spacial score (nSPS) is 11.3. The minimum atomic E-state index is -0.0518. The highest BCUT2D eigenvalue weighted by Crippen LogP contribution is 2.38. The zero-order chi connectivity index (χ0) is 27.5. The topological polar surface area (TPSA) is 64.3 Å². The van der Waals surface area contributed by atoms with E-state index in [9.17, 15) is 9.90 Å². The fourth-order valence-electron chi connectivity index (χ4n) is 5.23. The molecule has 6 rings (SSSR count). The summed E-state index contributed by atoms with van der Waals surface area (Å²) in [5.41, 5.74) is 4.40. The number of hydrogen-bond acceptors (Lipinski definition) is 5. The van der Waals surface area contributed by atoms with Gasteiger partial charge in [-0.25, -0.2) is 4.98 Å². The van der Waals surface area contributed by atoms with Gasteiger partial charge in [-0.2, -0.15) is 0 Å². The number of rotatable bonds is 9. The summed E-state index contributed by atoms with van der Waals surface area (Å²) in [5.74, 6) is 1.77. The minimum absolute atomic E-state index is 0.0518. The molecule has 4 aromatic carbocycles. The summed E-state index contributed by atoms with van der Waals surface area (Å²) in [6, 6.07) is 32.2. The number of methoxy groups -OCH3 is 1. The van der Waals surface area contributed by atoms with Crippen LogP contribution in [-0.4, -0.2) is 21.8 Å². The molecule has 0 radical (unpaired) electrons. The van der Waals surface area contributed by atoms with Crippen molar-refractivity contribution in [1.82, 2.24) is 9.55 Å². The molecule has 5 nitrogen and oxygen atoms in total. The monoisotopic (exact) mass is 546 g/mol. The summed E-state index contributed by atoms with van der Waals surface area (Å²) in [4.78, 5) is 19.9. The van der Waals surface area contributed by atoms with Crippen LogP contribution in [-0.2, 0) is 32.2 Å². The summed E-state index contributed by atoms with van der Waals surface area (Å²) in [7, 11) is 1.66. The maximum Gasteiger partial charge on any atom is 0.262 e. The van der Waals surface area contributed by atoms with Gasteiger partial charge in [-0.15, -0.1) is 11.3 Å². The Bertz CT molecular complexity index is 1830. The number of hydrogen-bond donors (Lipinski definition) is 1. The van der Waals surface area contributed by atoms with E-state index >= 15 is 0 Å². The molecule has 6 aromatic rings. The molecule has 0 bridgehead atoms. The van der Waals surface area contributed by atoms with E-state index in [1.807, 2.05) is 77.4 Å². The van der Waals surface area contributed by atoms with Crippen molar-refractivity contribution in [3.05, 3.63) is 135 Å². The smallest absolute Gasteiger partial charge is 0.262 e. The van der Waals surface area contributed by atoms with E-state index in [4.69, 9.17) is 9.72 Å². The van der Waals surface area contributed by atoms with Crippen molar-refractivity contribution in [2.24, 2.45) is 0 Å². The summed E-state index contributed by atoms with van der Waals surface area (Å²) in [6.07, 6.45) is 2.81. The van der Waals surface area contributed by atoms with Gasteiger partial charge in [0.1, 0.15) is 22.2 Å². The molecular weight excluding hydrogens is 516 g/mol. The molecule has 0 saturated carbocycles. The second-order valence-corrected chi connectivity index (χ2v) is 11.0. The predicted octanol–water partition coefficient (Wildman–Crippen LogP) is 6.94. The van der Waals surface area contributed by atoms with Crippen LogP contribution in [0.1, 0.15) is 28.1 Å². The van der Waals surface area contributed by atoms with Gasteiger partial charge < -0.3 is 9.84 Å². The third kappa shape index (κ3) is 5.36. The molecule has 40 heavy (non-hydrogen) atoms. The number of phenols is 1. The van der Waals surface area contributed by atoms with Crippen LogP contribution in [0.5, 0.6) is 11.5 Å². The lowest BCUT2D eigenvalue weighted by molar-refractivity contribution is 0.414. The van der Waals surface area contributed by atoms with Gasteiger partial charge in [-0.1, -0.05) is 72.8 Å². The Morgan fingerprint density at radius 3 is 2.17 bits per heavy atom. The predicted molar refractivity (Wildman–Crippen MR) is 163 cm³/mol. The van der Waals surface area contributed by atoms with Gasteiger partial charge in [-0.05, 0) is 65.8 Å². The Kier molecular flexibility index (Phi) is 7.34. The van der Waals surface area contributed by atoms with Crippen molar-refractivity contribution in [3.63, 3.8) is 0 Å². The van der Waals surface area contributed by atoms with E-state index in [0.29, 0.717) is 40.7 Å². The van der Waals surface area contributed by atoms with Crippen LogP contribution in [0.3, 0.4) is 0 Å². The molecule has 1 N–H and O–H groups in total. The quantitative estimate of drug-likeness (QED) is 0.213. The molecular formula is C34H30N2O3S. The van der Waals surface area contributed by atoms with Gasteiger partial charge in [0.05, 0.1) is 17.2 Å². The van der Waals surface area contributed by atoms with E-state index in [-0.39, 0.29) is 11.3 Å². The van der Waals surface area contributed by atoms with Crippen LogP contribution in [0.25, 0.3) is 20.3 Å². The van der Waals surface area contributed by atoms with Crippen LogP contribution in [0.2, 0.25) is 0 Å². The molecule has 0 aliphatic rings. The molecule has 0 spiro atoms. The number of aromatic hydroxyl groups is 1. The molecule has 0 aliphatic carbocycles. The fraction of sp³-hybridized carbons (Fsp3) is 0.176. The largest absolute Gasteiger partial charge is 0.506 e. The van der Waals surface area contributed by atoms with E-state index in [0.717, 1.165) is 40.1 Å². The number of thiophene rings is 1. The second-order valence-electron chi connectivity index (χ2n) is 10.0. The molecule has 0 saturated heterocycles. The first-order chi connectivity index (χ1) is 19.6. The summed E-state index contributed by atoms with van der Waals surface area (Å²) in [5, 5.41) is 12.3. The second kappa shape index (κ2) is 11.4. The van der Waals surface area contributed by atoms with Crippen molar-refractivity contribution in [3.8, 4) is 11.5 Å². The molecule has 6 heteroatoms. The van der Waals surface area contributed by atoms with Crippen LogP contribution in [0.4, 0.5) is 0 Å².